The quantitative estimate of drug-likeness (QED) is 0.590. The highest BCUT2D eigenvalue weighted by Crippen LogP contribution is 2.11. The van der Waals surface area contributed by atoms with E-state index in [0.29, 0.717) is 25.3 Å². The molecule has 1 heterocycles. The number of nitrogens with one attached hydrogen (secondary N) is 1. The highest BCUT2D eigenvalue weighted by atomic mass is 19.1. The normalized spacial score (nSPS) is 20.8. The topological polar surface area (TPSA) is 39.5 Å². The Morgan fingerprint density at radius 1 is 1.44 bits per heavy atom. The number of hydrogen-bond acceptors (Lipinski definition) is 2. The van der Waals surface area contributed by atoms with Gasteiger partial charge in [0.15, 0.2) is 0 Å². The van der Waals surface area contributed by atoms with Crippen molar-refractivity contribution in [3.05, 3.63) is 35.8 Å². The molecule has 0 spiro atoms. The smallest absolute Gasteiger partial charge is 0.122 e. The lowest BCUT2D eigenvalue weighted by Crippen LogP contribution is -2.31. The number of aliphatic imine (C=N–C) groups is 1. The molecule has 1 aliphatic rings. The van der Waals surface area contributed by atoms with Crippen LogP contribution >= 0.6 is 0 Å². The molecule has 0 radical (unpaired) electrons. The summed E-state index contributed by atoms with van der Waals surface area (Å²) in [5.74, 6) is 0.180. The van der Waals surface area contributed by atoms with Gasteiger partial charge in [-0.15, -0.1) is 0 Å². The van der Waals surface area contributed by atoms with Crippen molar-refractivity contribution < 1.29 is 4.39 Å². The van der Waals surface area contributed by atoms with E-state index in [2.05, 4.69) is 4.99 Å². The van der Waals surface area contributed by atoms with E-state index in [9.17, 15) is 4.39 Å². The maximum Gasteiger partial charge on any atom is 0.122 e. The van der Waals surface area contributed by atoms with Crippen LogP contribution in [0.25, 0.3) is 0 Å². The molecule has 1 rings (SSSR count). The SMILES string of the molecule is CC1=C/C=C(F)\C=C\CCN1C(=N)CN=C(C)C. The van der Waals surface area contributed by atoms with E-state index in [0.717, 1.165) is 11.4 Å². The minimum atomic E-state index is -0.259. The molecule has 4 heteroatoms. The maximum atomic E-state index is 13.2. The Labute approximate surface area is 108 Å². The van der Waals surface area contributed by atoms with Crippen LogP contribution in [0, 0.1) is 5.41 Å². The fourth-order valence-corrected chi connectivity index (χ4v) is 1.59. The fourth-order valence-electron chi connectivity index (χ4n) is 1.59. The van der Waals surface area contributed by atoms with Gasteiger partial charge in [0, 0.05) is 18.0 Å². The number of amidine groups is 1. The first kappa shape index (κ1) is 14.4. The van der Waals surface area contributed by atoms with Crippen molar-refractivity contribution in [2.75, 3.05) is 13.1 Å². The Morgan fingerprint density at radius 3 is 2.83 bits per heavy atom. The largest absolute Gasteiger partial charge is 0.333 e. The minimum Gasteiger partial charge on any atom is -0.333 e. The molecule has 3 nitrogen and oxygen atoms in total. The van der Waals surface area contributed by atoms with Crippen LogP contribution in [0.15, 0.2) is 40.8 Å². The van der Waals surface area contributed by atoms with Crippen molar-refractivity contribution in [2.45, 2.75) is 27.2 Å². The molecule has 1 aliphatic heterocycles. The Balaban J connectivity index is 2.83. The van der Waals surface area contributed by atoms with Crippen molar-refractivity contribution in [1.29, 1.82) is 5.41 Å². The van der Waals surface area contributed by atoms with E-state index < -0.39 is 0 Å². The van der Waals surface area contributed by atoms with Gasteiger partial charge in [-0.3, -0.25) is 10.4 Å². The molecule has 0 saturated carbocycles. The molecule has 1 N–H and O–H groups in total. The predicted molar refractivity (Wildman–Crippen MR) is 74.8 cm³/mol. The lowest BCUT2D eigenvalue weighted by atomic mass is 10.3. The van der Waals surface area contributed by atoms with E-state index in [1.807, 2.05) is 25.7 Å². The van der Waals surface area contributed by atoms with Crippen LogP contribution in [0.1, 0.15) is 27.2 Å². The van der Waals surface area contributed by atoms with Crippen LogP contribution in [-0.2, 0) is 0 Å². The first-order chi connectivity index (χ1) is 8.50. The molecule has 0 aromatic carbocycles. The molecule has 0 bridgehead atoms. The third-order valence-electron chi connectivity index (χ3n) is 2.58. The molecule has 0 aromatic rings. The first-order valence-electron chi connectivity index (χ1n) is 6.04. The fraction of sp³-hybridized carbons (Fsp3) is 0.429. The summed E-state index contributed by atoms with van der Waals surface area (Å²) in [6.07, 6.45) is 7.08. The summed E-state index contributed by atoms with van der Waals surface area (Å²) in [7, 11) is 0. The Kier molecular flexibility index (Phi) is 5.49. The van der Waals surface area contributed by atoms with Crippen molar-refractivity contribution >= 4 is 11.5 Å². The van der Waals surface area contributed by atoms with Gasteiger partial charge in [0.1, 0.15) is 11.7 Å². The summed E-state index contributed by atoms with van der Waals surface area (Å²) in [6.45, 7) is 6.75. The summed E-state index contributed by atoms with van der Waals surface area (Å²) in [5.41, 5.74) is 1.82. The molecule has 0 unspecified atom stereocenters. The Morgan fingerprint density at radius 2 is 2.17 bits per heavy atom. The standard InChI is InChI=1S/C14H20FN3/c1-11(2)17-10-14(16)18-9-5-4-6-13(15)8-7-12(18)3/h4,6-8,16H,5,9-10H2,1-3H3/b6-4+,12-7?,13-8+,16-14?. The van der Waals surface area contributed by atoms with Gasteiger partial charge in [-0.05, 0) is 45.4 Å². The summed E-state index contributed by atoms with van der Waals surface area (Å²) >= 11 is 0. The van der Waals surface area contributed by atoms with Gasteiger partial charge < -0.3 is 4.90 Å². The van der Waals surface area contributed by atoms with E-state index >= 15 is 0 Å². The van der Waals surface area contributed by atoms with Gasteiger partial charge in [-0.1, -0.05) is 6.08 Å². The lowest BCUT2D eigenvalue weighted by Gasteiger charge is -2.24. The van der Waals surface area contributed by atoms with Gasteiger partial charge in [0.05, 0.1) is 6.54 Å². The zero-order valence-electron chi connectivity index (χ0n) is 11.2. The molecule has 0 amide bonds. The van der Waals surface area contributed by atoms with E-state index in [1.54, 1.807) is 12.2 Å². The van der Waals surface area contributed by atoms with Crippen LogP contribution in [0.5, 0.6) is 0 Å². The second-order valence-electron chi connectivity index (χ2n) is 4.41. The molecule has 98 valence electrons. The van der Waals surface area contributed by atoms with Crippen LogP contribution < -0.4 is 0 Å². The predicted octanol–water partition coefficient (Wildman–Crippen LogP) is 3.46. The average molecular weight is 249 g/mol. The van der Waals surface area contributed by atoms with E-state index in [-0.39, 0.29) is 5.83 Å². The monoisotopic (exact) mass is 249 g/mol. The van der Waals surface area contributed by atoms with Gasteiger partial charge in [0.2, 0.25) is 0 Å². The third kappa shape index (κ3) is 4.65. The molecule has 18 heavy (non-hydrogen) atoms. The van der Waals surface area contributed by atoms with Crippen molar-refractivity contribution in [3.63, 3.8) is 0 Å². The lowest BCUT2D eigenvalue weighted by molar-refractivity contribution is 0.511. The number of hydrogen-bond donors (Lipinski definition) is 1. The highest BCUT2D eigenvalue weighted by Gasteiger charge is 2.10. The van der Waals surface area contributed by atoms with Crippen molar-refractivity contribution in [2.24, 2.45) is 4.99 Å². The second-order valence-corrected chi connectivity index (χ2v) is 4.41. The first-order valence-corrected chi connectivity index (χ1v) is 6.04. The molecule has 0 aliphatic carbocycles. The van der Waals surface area contributed by atoms with E-state index in [4.69, 9.17) is 5.41 Å². The molecule has 0 saturated heterocycles. The van der Waals surface area contributed by atoms with Crippen molar-refractivity contribution in [1.82, 2.24) is 4.90 Å². The van der Waals surface area contributed by atoms with Crippen LogP contribution in [0.3, 0.4) is 0 Å². The summed E-state index contributed by atoms with van der Waals surface area (Å²) in [4.78, 5) is 6.11. The van der Waals surface area contributed by atoms with Crippen molar-refractivity contribution in [3.8, 4) is 0 Å². The van der Waals surface area contributed by atoms with Gasteiger partial charge >= 0.3 is 0 Å². The van der Waals surface area contributed by atoms with Gasteiger partial charge in [0.25, 0.3) is 0 Å². The average Bonchev–Trinajstić information content (AvgIpc) is 2.39. The molecule has 0 aromatic heterocycles. The zero-order valence-corrected chi connectivity index (χ0v) is 11.2. The number of halogens is 1. The van der Waals surface area contributed by atoms with Crippen LogP contribution in [0.4, 0.5) is 4.39 Å². The third-order valence-corrected chi connectivity index (χ3v) is 2.58. The molecule has 0 fully saturated rings. The molecule has 0 atom stereocenters. The summed E-state index contributed by atoms with van der Waals surface area (Å²) < 4.78 is 13.2. The molecular formula is C14H20FN3. The maximum absolute atomic E-state index is 13.2. The minimum absolute atomic E-state index is 0.259. The number of nitrogens with zero attached hydrogens (tertiary/aromatic N) is 2. The van der Waals surface area contributed by atoms with Crippen LogP contribution in [0.2, 0.25) is 0 Å². The Bertz CT molecular complexity index is 426. The van der Waals surface area contributed by atoms with Gasteiger partial charge in [-0.25, -0.2) is 4.39 Å². The highest BCUT2D eigenvalue weighted by molar-refractivity contribution is 5.87. The van der Waals surface area contributed by atoms with Crippen LogP contribution in [-0.4, -0.2) is 29.5 Å². The summed E-state index contributed by atoms with van der Waals surface area (Å²) in [6, 6.07) is 0. The van der Waals surface area contributed by atoms with E-state index in [1.165, 1.54) is 12.2 Å². The molecular weight excluding hydrogens is 229 g/mol. The second kappa shape index (κ2) is 6.89. The zero-order chi connectivity index (χ0) is 13.5. The number of allylic oxidation sites excluding steroid dienone is 5. The van der Waals surface area contributed by atoms with Gasteiger partial charge in [-0.2, -0.15) is 0 Å². The summed E-state index contributed by atoms with van der Waals surface area (Å²) in [5, 5.41) is 8.04. The number of rotatable bonds is 2. The Hall–Kier alpha value is -1.71.